The van der Waals surface area contributed by atoms with Crippen molar-refractivity contribution in [2.24, 2.45) is 11.3 Å². The molecule has 2 N–H and O–H groups in total. The molecule has 1 aromatic carbocycles. The lowest BCUT2D eigenvalue weighted by Crippen LogP contribution is -2.35. The minimum atomic E-state index is -0.615. The van der Waals surface area contributed by atoms with Crippen molar-refractivity contribution in [3.05, 3.63) is 35.9 Å². The maximum Gasteiger partial charge on any atom is 0.0840 e. The van der Waals surface area contributed by atoms with Crippen molar-refractivity contribution in [1.29, 1.82) is 0 Å². The van der Waals surface area contributed by atoms with Crippen LogP contribution in [0.2, 0.25) is 0 Å². The van der Waals surface area contributed by atoms with E-state index < -0.39 is 12.2 Å². The average molecular weight is 222 g/mol. The van der Waals surface area contributed by atoms with Crippen molar-refractivity contribution >= 4 is 0 Å². The zero-order chi connectivity index (χ0) is 12.3. The summed E-state index contributed by atoms with van der Waals surface area (Å²) >= 11 is 0. The van der Waals surface area contributed by atoms with E-state index >= 15 is 0 Å². The Kier molecular flexibility index (Phi) is 4.11. The third-order valence-electron chi connectivity index (χ3n) is 3.02. The van der Waals surface area contributed by atoms with Crippen molar-refractivity contribution in [2.75, 3.05) is 0 Å². The molecule has 1 rings (SSSR count). The van der Waals surface area contributed by atoms with Crippen LogP contribution in [0.15, 0.2) is 30.3 Å². The maximum atomic E-state index is 10.2. The molecule has 1 aromatic rings. The monoisotopic (exact) mass is 222 g/mol. The second kappa shape index (κ2) is 4.98. The molecule has 0 aliphatic rings. The highest BCUT2D eigenvalue weighted by Crippen LogP contribution is 2.32. The zero-order valence-electron chi connectivity index (χ0n) is 10.5. The molecule has 0 fully saturated rings. The standard InChI is InChI=1S/C14H22O2/c1-10(13(16)14(2,3)4)12(15)11-8-6-5-7-9-11/h5-10,12-13,15-16H,1-4H3/t10-,12+,13+/m0/s1. The highest BCUT2D eigenvalue weighted by Gasteiger charge is 2.32. The molecule has 0 saturated carbocycles. The molecular weight excluding hydrogens is 200 g/mol. The molecule has 0 spiro atoms. The Morgan fingerprint density at radius 3 is 1.94 bits per heavy atom. The van der Waals surface area contributed by atoms with Crippen molar-refractivity contribution < 1.29 is 10.2 Å². The number of rotatable bonds is 3. The maximum absolute atomic E-state index is 10.2. The average Bonchev–Trinajstić information content (AvgIpc) is 2.26. The quantitative estimate of drug-likeness (QED) is 0.825. The first kappa shape index (κ1) is 13.2. The normalized spacial score (nSPS) is 17.9. The molecule has 0 unspecified atom stereocenters. The van der Waals surface area contributed by atoms with Crippen LogP contribution in [0.5, 0.6) is 0 Å². The third kappa shape index (κ3) is 3.06. The Labute approximate surface area is 97.9 Å². The summed E-state index contributed by atoms with van der Waals surface area (Å²) in [6.07, 6.45) is -1.14. The Balaban J connectivity index is 2.79. The van der Waals surface area contributed by atoms with Gasteiger partial charge in [-0.2, -0.15) is 0 Å². The molecular formula is C14H22O2. The van der Waals surface area contributed by atoms with E-state index in [-0.39, 0.29) is 11.3 Å². The fourth-order valence-corrected chi connectivity index (χ4v) is 1.92. The molecule has 0 radical (unpaired) electrons. The minimum Gasteiger partial charge on any atom is -0.392 e. The van der Waals surface area contributed by atoms with Gasteiger partial charge in [0.1, 0.15) is 0 Å². The van der Waals surface area contributed by atoms with Gasteiger partial charge in [-0.25, -0.2) is 0 Å². The number of hydrogen-bond acceptors (Lipinski definition) is 2. The summed E-state index contributed by atoms with van der Waals surface area (Å²) in [7, 11) is 0. The summed E-state index contributed by atoms with van der Waals surface area (Å²) < 4.78 is 0. The van der Waals surface area contributed by atoms with Crippen LogP contribution in [0.25, 0.3) is 0 Å². The van der Waals surface area contributed by atoms with Crippen LogP contribution in [-0.2, 0) is 0 Å². The van der Waals surface area contributed by atoms with Crippen LogP contribution in [0.3, 0.4) is 0 Å². The molecule has 0 saturated heterocycles. The van der Waals surface area contributed by atoms with Gasteiger partial charge in [-0.1, -0.05) is 58.0 Å². The van der Waals surface area contributed by atoms with Gasteiger partial charge in [0.15, 0.2) is 0 Å². The lowest BCUT2D eigenvalue weighted by Gasteiger charge is -2.33. The van der Waals surface area contributed by atoms with E-state index in [4.69, 9.17) is 0 Å². The summed E-state index contributed by atoms with van der Waals surface area (Å²) in [5.74, 6) is -0.178. The minimum absolute atomic E-state index is 0.178. The predicted octanol–water partition coefficient (Wildman–Crippen LogP) is 2.76. The Hall–Kier alpha value is -0.860. The van der Waals surface area contributed by atoms with E-state index in [0.717, 1.165) is 5.56 Å². The lowest BCUT2D eigenvalue weighted by atomic mass is 9.78. The van der Waals surface area contributed by atoms with Crippen LogP contribution in [0.4, 0.5) is 0 Å². The van der Waals surface area contributed by atoms with Crippen molar-refractivity contribution in [3.8, 4) is 0 Å². The van der Waals surface area contributed by atoms with Gasteiger partial charge in [-0.3, -0.25) is 0 Å². The first-order valence-corrected chi connectivity index (χ1v) is 5.75. The first-order chi connectivity index (χ1) is 7.34. The smallest absolute Gasteiger partial charge is 0.0840 e. The molecule has 0 amide bonds. The van der Waals surface area contributed by atoms with Crippen LogP contribution < -0.4 is 0 Å². The molecule has 2 nitrogen and oxygen atoms in total. The van der Waals surface area contributed by atoms with E-state index in [1.165, 1.54) is 0 Å². The van der Waals surface area contributed by atoms with Crippen molar-refractivity contribution in [1.82, 2.24) is 0 Å². The summed E-state index contributed by atoms with van der Waals surface area (Å²) in [6, 6.07) is 9.48. The number of hydrogen-bond donors (Lipinski definition) is 2. The summed E-state index contributed by atoms with van der Waals surface area (Å²) in [4.78, 5) is 0. The van der Waals surface area contributed by atoms with Gasteiger partial charge in [-0.15, -0.1) is 0 Å². The summed E-state index contributed by atoms with van der Waals surface area (Å²) in [5.41, 5.74) is 0.646. The largest absolute Gasteiger partial charge is 0.392 e. The molecule has 0 aliphatic carbocycles. The first-order valence-electron chi connectivity index (χ1n) is 5.75. The molecule has 16 heavy (non-hydrogen) atoms. The Bertz CT molecular complexity index is 313. The molecule has 3 atom stereocenters. The van der Waals surface area contributed by atoms with Gasteiger partial charge in [0.05, 0.1) is 12.2 Å². The molecule has 90 valence electrons. The second-order valence-corrected chi connectivity index (χ2v) is 5.53. The lowest BCUT2D eigenvalue weighted by molar-refractivity contribution is -0.0369. The van der Waals surface area contributed by atoms with E-state index in [9.17, 15) is 10.2 Å². The van der Waals surface area contributed by atoms with Gasteiger partial charge in [-0.05, 0) is 11.0 Å². The van der Waals surface area contributed by atoms with Crippen LogP contribution in [0.1, 0.15) is 39.4 Å². The SMILES string of the molecule is C[C@H]([C@@H](O)C(C)(C)C)[C@@H](O)c1ccccc1. The van der Waals surface area contributed by atoms with Crippen LogP contribution in [-0.4, -0.2) is 16.3 Å². The van der Waals surface area contributed by atoms with Gasteiger partial charge in [0.25, 0.3) is 0 Å². The van der Waals surface area contributed by atoms with E-state index in [0.29, 0.717) is 0 Å². The highest BCUT2D eigenvalue weighted by molar-refractivity contribution is 5.18. The third-order valence-corrected chi connectivity index (χ3v) is 3.02. The number of aliphatic hydroxyl groups is 2. The van der Waals surface area contributed by atoms with E-state index in [2.05, 4.69) is 0 Å². The fraction of sp³-hybridized carbons (Fsp3) is 0.571. The number of benzene rings is 1. The van der Waals surface area contributed by atoms with Gasteiger partial charge >= 0.3 is 0 Å². The molecule has 0 bridgehead atoms. The summed E-state index contributed by atoms with van der Waals surface area (Å²) in [5, 5.41) is 20.3. The Morgan fingerprint density at radius 1 is 1.00 bits per heavy atom. The van der Waals surface area contributed by atoms with Crippen LogP contribution in [0, 0.1) is 11.3 Å². The van der Waals surface area contributed by atoms with Gasteiger partial charge in [0.2, 0.25) is 0 Å². The van der Waals surface area contributed by atoms with Crippen molar-refractivity contribution in [3.63, 3.8) is 0 Å². The highest BCUT2D eigenvalue weighted by atomic mass is 16.3. The second-order valence-electron chi connectivity index (χ2n) is 5.53. The van der Waals surface area contributed by atoms with E-state index in [1.807, 2.05) is 58.0 Å². The topological polar surface area (TPSA) is 40.5 Å². The number of aliphatic hydroxyl groups excluding tert-OH is 2. The van der Waals surface area contributed by atoms with Gasteiger partial charge in [0, 0.05) is 5.92 Å². The zero-order valence-corrected chi connectivity index (χ0v) is 10.5. The predicted molar refractivity (Wildman–Crippen MR) is 66.0 cm³/mol. The van der Waals surface area contributed by atoms with E-state index in [1.54, 1.807) is 0 Å². The van der Waals surface area contributed by atoms with Gasteiger partial charge < -0.3 is 10.2 Å². The fourth-order valence-electron chi connectivity index (χ4n) is 1.92. The molecule has 2 heteroatoms. The van der Waals surface area contributed by atoms with Crippen molar-refractivity contribution in [2.45, 2.75) is 39.9 Å². The molecule has 0 heterocycles. The summed E-state index contributed by atoms with van der Waals surface area (Å²) in [6.45, 7) is 7.82. The molecule has 0 aliphatic heterocycles. The van der Waals surface area contributed by atoms with Crippen LogP contribution >= 0.6 is 0 Å². The molecule has 0 aromatic heterocycles. The Morgan fingerprint density at radius 2 is 1.50 bits per heavy atom.